The fraction of sp³-hybridized carbons (Fsp3) is 0.769. The number of hydrogen-bond acceptors (Lipinski definition) is 4. The van der Waals surface area contributed by atoms with Gasteiger partial charge in [0.2, 0.25) is 0 Å². The normalized spacial score (nSPS) is 23.9. The molecule has 0 radical (unpaired) electrons. The van der Waals surface area contributed by atoms with Gasteiger partial charge in [-0.05, 0) is 45.4 Å². The van der Waals surface area contributed by atoms with Crippen molar-refractivity contribution in [1.82, 2.24) is 15.0 Å². The molecule has 1 fully saturated rings. The summed E-state index contributed by atoms with van der Waals surface area (Å²) in [6, 6.07) is 0.336. The molecule has 18 heavy (non-hydrogen) atoms. The van der Waals surface area contributed by atoms with Crippen LogP contribution >= 0.6 is 0 Å². The lowest BCUT2D eigenvalue weighted by Gasteiger charge is -2.25. The number of nitrogens with zero attached hydrogens (tertiary/aromatic N) is 3. The molecule has 0 spiro atoms. The van der Waals surface area contributed by atoms with Gasteiger partial charge in [-0.1, -0.05) is 6.92 Å². The van der Waals surface area contributed by atoms with E-state index in [2.05, 4.69) is 17.1 Å². The highest BCUT2D eigenvalue weighted by molar-refractivity contribution is 5.88. The van der Waals surface area contributed by atoms with Crippen molar-refractivity contribution >= 4 is 5.97 Å². The monoisotopic (exact) mass is 251 g/mol. The molecule has 1 aliphatic carbocycles. The maximum Gasteiger partial charge on any atom is 0.360 e. The summed E-state index contributed by atoms with van der Waals surface area (Å²) in [5, 5.41) is 8.68. The standard InChI is InChI=1S/C13H21N3O2/c1-4-18-13(17)12-10(3)14-16(15-12)11-7-5-9(2)6-8-11/h9,11H,4-8H2,1-3H3/t9-,11-. The van der Waals surface area contributed by atoms with Gasteiger partial charge in [0, 0.05) is 0 Å². The van der Waals surface area contributed by atoms with Crippen LogP contribution < -0.4 is 0 Å². The summed E-state index contributed by atoms with van der Waals surface area (Å²) >= 11 is 0. The van der Waals surface area contributed by atoms with Crippen molar-refractivity contribution in [3.63, 3.8) is 0 Å². The Morgan fingerprint density at radius 3 is 2.61 bits per heavy atom. The van der Waals surface area contributed by atoms with Crippen LogP contribution in [0.15, 0.2) is 0 Å². The topological polar surface area (TPSA) is 57.0 Å². The van der Waals surface area contributed by atoms with Crippen LogP contribution in [0.25, 0.3) is 0 Å². The van der Waals surface area contributed by atoms with Crippen LogP contribution in [0.1, 0.15) is 61.8 Å². The SMILES string of the molecule is CCOC(=O)c1nn([C@H]2CC[C@H](C)CC2)nc1C. The van der Waals surface area contributed by atoms with Crippen LogP contribution in [0.5, 0.6) is 0 Å². The van der Waals surface area contributed by atoms with E-state index in [4.69, 9.17) is 4.74 Å². The number of hydrogen-bond donors (Lipinski definition) is 0. The minimum absolute atomic E-state index is 0.336. The van der Waals surface area contributed by atoms with E-state index in [1.165, 1.54) is 12.8 Å². The molecule has 1 aromatic rings. The molecule has 1 aliphatic rings. The number of ether oxygens (including phenoxy) is 1. The van der Waals surface area contributed by atoms with Gasteiger partial charge in [-0.3, -0.25) is 0 Å². The molecular weight excluding hydrogens is 230 g/mol. The minimum atomic E-state index is -0.370. The minimum Gasteiger partial charge on any atom is -0.461 e. The lowest BCUT2D eigenvalue weighted by molar-refractivity contribution is 0.0517. The largest absolute Gasteiger partial charge is 0.461 e. The molecule has 0 aromatic carbocycles. The Morgan fingerprint density at radius 1 is 1.33 bits per heavy atom. The highest BCUT2D eigenvalue weighted by Crippen LogP contribution is 2.31. The van der Waals surface area contributed by atoms with E-state index in [9.17, 15) is 4.79 Å². The average Bonchev–Trinajstić information content (AvgIpc) is 2.72. The zero-order chi connectivity index (χ0) is 13.1. The first kappa shape index (κ1) is 13.1. The van der Waals surface area contributed by atoms with Crippen molar-refractivity contribution in [2.45, 2.75) is 52.5 Å². The molecule has 0 atom stereocenters. The van der Waals surface area contributed by atoms with Gasteiger partial charge < -0.3 is 4.74 Å². The molecule has 1 saturated carbocycles. The molecule has 5 nitrogen and oxygen atoms in total. The fourth-order valence-corrected chi connectivity index (χ4v) is 2.42. The Labute approximate surface area is 108 Å². The van der Waals surface area contributed by atoms with E-state index >= 15 is 0 Å². The molecule has 0 aliphatic heterocycles. The first-order valence-electron chi connectivity index (χ1n) is 6.72. The van der Waals surface area contributed by atoms with E-state index < -0.39 is 0 Å². The summed E-state index contributed by atoms with van der Waals surface area (Å²) in [5.74, 6) is 0.424. The van der Waals surface area contributed by atoms with Crippen LogP contribution in [0.2, 0.25) is 0 Å². The Kier molecular flexibility index (Phi) is 3.99. The molecule has 1 heterocycles. The molecule has 0 N–H and O–H groups in total. The first-order valence-corrected chi connectivity index (χ1v) is 6.72. The van der Waals surface area contributed by atoms with Gasteiger partial charge in [0.25, 0.3) is 0 Å². The van der Waals surface area contributed by atoms with Gasteiger partial charge in [0.05, 0.1) is 18.3 Å². The van der Waals surface area contributed by atoms with Crippen LogP contribution in [-0.2, 0) is 4.74 Å². The van der Waals surface area contributed by atoms with Gasteiger partial charge in [0.1, 0.15) is 0 Å². The Morgan fingerprint density at radius 2 is 2.00 bits per heavy atom. The Balaban J connectivity index is 2.11. The lowest BCUT2D eigenvalue weighted by atomic mass is 9.88. The summed E-state index contributed by atoms with van der Waals surface area (Å²) in [5.41, 5.74) is 1.02. The molecule has 100 valence electrons. The third-order valence-corrected chi connectivity index (χ3v) is 3.58. The van der Waals surface area contributed by atoms with Crippen molar-refractivity contribution in [3.8, 4) is 0 Å². The second-order valence-electron chi connectivity index (χ2n) is 5.09. The Hall–Kier alpha value is -1.39. The number of esters is 1. The third kappa shape index (κ3) is 2.71. The third-order valence-electron chi connectivity index (χ3n) is 3.58. The highest BCUT2D eigenvalue weighted by atomic mass is 16.5. The van der Waals surface area contributed by atoms with Crippen LogP contribution in [-0.4, -0.2) is 27.6 Å². The zero-order valence-electron chi connectivity index (χ0n) is 11.3. The summed E-state index contributed by atoms with van der Waals surface area (Å²) < 4.78 is 4.97. The van der Waals surface area contributed by atoms with Gasteiger partial charge >= 0.3 is 5.97 Å². The highest BCUT2D eigenvalue weighted by Gasteiger charge is 2.24. The number of aryl methyl sites for hydroxylation is 1. The number of carbonyl (C=O) groups excluding carboxylic acids is 1. The van der Waals surface area contributed by atoms with E-state index in [0.717, 1.165) is 18.8 Å². The van der Waals surface area contributed by atoms with Crippen LogP contribution in [0.3, 0.4) is 0 Å². The fourth-order valence-electron chi connectivity index (χ4n) is 2.42. The molecule has 5 heteroatoms. The predicted octanol–water partition coefficient (Wildman–Crippen LogP) is 2.51. The van der Waals surface area contributed by atoms with E-state index in [-0.39, 0.29) is 5.97 Å². The second-order valence-corrected chi connectivity index (χ2v) is 5.09. The summed E-state index contributed by atoms with van der Waals surface area (Å²) in [7, 11) is 0. The molecule has 1 aromatic heterocycles. The molecule has 2 rings (SSSR count). The molecule has 0 bridgehead atoms. The van der Waals surface area contributed by atoms with E-state index in [1.807, 2.05) is 0 Å². The predicted molar refractivity (Wildman–Crippen MR) is 67.4 cm³/mol. The Bertz CT molecular complexity index is 420. The number of rotatable bonds is 3. The van der Waals surface area contributed by atoms with E-state index in [0.29, 0.717) is 24.0 Å². The van der Waals surface area contributed by atoms with Crippen LogP contribution in [0.4, 0.5) is 0 Å². The van der Waals surface area contributed by atoms with Crippen molar-refractivity contribution < 1.29 is 9.53 Å². The summed E-state index contributed by atoms with van der Waals surface area (Å²) in [4.78, 5) is 13.4. The maximum absolute atomic E-state index is 11.7. The average molecular weight is 251 g/mol. The van der Waals surface area contributed by atoms with Crippen molar-refractivity contribution in [1.29, 1.82) is 0 Å². The molecule has 0 unspecified atom stereocenters. The van der Waals surface area contributed by atoms with E-state index in [1.54, 1.807) is 18.6 Å². The van der Waals surface area contributed by atoms with Crippen molar-refractivity contribution in [2.75, 3.05) is 6.61 Å². The molecular formula is C13H21N3O2. The van der Waals surface area contributed by atoms with Gasteiger partial charge in [-0.25, -0.2) is 4.79 Å². The van der Waals surface area contributed by atoms with Gasteiger partial charge in [-0.15, -0.1) is 5.10 Å². The maximum atomic E-state index is 11.7. The molecule has 0 saturated heterocycles. The smallest absolute Gasteiger partial charge is 0.360 e. The number of carbonyl (C=O) groups is 1. The zero-order valence-corrected chi connectivity index (χ0v) is 11.3. The lowest BCUT2D eigenvalue weighted by Crippen LogP contribution is -2.19. The van der Waals surface area contributed by atoms with Crippen LogP contribution in [0, 0.1) is 12.8 Å². The number of aromatic nitrogens is 3. The van der Waals surface area contributed by atoms with Crippen molar-refractivity contribution in [3.05, 3.63) is 11.4 Å². The summed E-state index contributed by atoms with van der Waals surface area (Å²) in [6.07, 6.45) is 4.61. The molecule has 0 amide bonds. The van der Waals surface area contributed by atoms with Gasteiger partial charge in [0.15, 0.2) is 5.69 Å². The quantitative estimate of drug-likeness (QED) is 0.774. The summed E-state index contributed by atoms with van der Waals surface area (Å²) in [6.45, 7) is 6.25. The van der Waals surface area contributed by atoms with Gasteiger partial charge in [-0.2, -0.15) is 9.90 Å². The first-order chi connectivity index (χ1) is 8.61. The van der Waals surface area contributed by atoms with Crippen molar-refractivity contribution in [2.24, 2.45) is 5.92 Å². The second kappa shape index (κ2) is 5.50.